The third kappa shape index (κ3) is 1.41. The molecule has 1 aromatic rings. The quantitative estimate of drug-likeness (QED) is 0.574. The number of hydrogen-bond donors (Lipinski definition) is 0. The summed E-state index contributed by atoms with van der Waals surface area (Å²) in [4.78, 5) is 1.14. The molecule has 0 spiro atoms. The molecule has 0 aromatic heterocycles. The van der Waals surface area contributed by atoms with Gasteiger partial charge in [0.25, 0.3) is 0 Å². The highest BCUT2D eigenvalue weighted by molar-refractivity contribution is 7.99. The molecule has 0 aliphatic carbocycles. The third-order valence-electron chi connectivity index (χ3n) is 1.88. The fraction of sp³-hybridized carbons (Fsp3) is 0.333. The minimum atomic E-state index is -0.113. The summed E-state index contributed by atoms with van der Waals surface area (Å²) in [6.07, 6.45) is 2.34. The summed E-state index contributed by atoms with van der Waals surface area (Å²) in [5.41, 5.74) is 1.31. The Bertz CT molecular complexity index is 270. The average Bonchev–Trinajstić information content (AvgIpc) is 2.04. The van der Waals surface area contributed by atoms with Crippen LogP contribution in [-0.2, 0) is 6.42 Å². The molecule has 58 valence electrons. The van der Waals surface area contributed by atoms with Crippen molar-refractivity contribution < 1.29 is 4.39 Å². The molecule has 0 saturated heterocycles. The molecular formula is C9H9FS. The zero-order valence-corrected chi connectivity index (χ0v) is 6.96. The highest BCUT2D eigenvalue weighted by Crippen LogP contribution is 2.29. The highest BCUT2D eigenvalue weighted by atomic mass is 32.2. The van der Waals surface area contributed by atoms with Gasteiger partial charge in [0.1, 0.15) is 5.82 Å². The first-order valence-corrected chi connectivity index (χ1v) is 4.76. The number of rotatable bonds is 0. The van der Waals surface area contributed by atoms with Crippen LogP contribution in [0.25, 0.3) is 0 Å². The number of thioether (sulfide) groups is 1. The number of fused-ring (bicyclic) bond motifs is 1. The van der Waals surface area contributed by atoms with Crippen molar-refractivity contribution in [2.24, 2.45) is 0 Å². The predicted octanol–water partition coefficient (Wildman–Crippen LogP) is 2.86. The predicted molar refractivity (Wildman–Crippen MR) is 45.4 cm³/mol. The van der Waals surface area contributed by atoms with Crippen LogP contribution in [0.1, 0.15) is 12.0 Å². The summed E-state index contributed by atoms with van der Waals surface area (Å²) in [5, 5.41) is 0. The Labute approximate surface area is 69.8 Å². The van der Waals surface area contributed by atoms with Gasteiger partial charge in [-0.2, -0.15) is 0 Å². The molecule has 1 heterocycles. The lowest BCUT2D eigenvalue weighted by Crippen LogP contribution is -1.98. The van der Waals surface area contributed by atoms with Gasteiger partial charge in [0.15, 0.2) is 0 Å². The number of hydrogen-bond acceptors (Lipinski definition) is 1. The van der Waals surface area contributed by atoms with Gasteiger partial charge in [-0.25, -0.2) is 4.39 Å². The maximum Gasteiger partial charge on any atom is 0.124 e. The van der Waals surface area contributed by atoms with Crippen LogP contribution in [0.15, 0.2) is 23.1 Å². The van der Waals surface area contributed by atoms with Crippen LogP contribution >= 0.6 is 11.8 Å². The lowest BCUT2D eigenvalue weighted by atomic mass is 10.1. The summed E-state index contributed by atoms with van der Waals surface area (Å²) in [6.45, 7) is 0. The molecule has 0 fully saturated rings. The normalized spacial score (nSPS) is 16.1. The van der Waals surface area contributed by atoms with Crippen molar-refractivity contribution in [3.8, 4) is 0 Å². The molecular weight excluding hydrogens is 159 g/mol. The first-order chi connectivity index (χ1) is 5.36. The maximum absolute atomic E-state index is 12.7. The van der Waals surface area contributed by atoms with E-state index < -0.39 is 0 Å². The number of aryl methyl sites for hydroxylation is 1. The second-order valence-electron chi connectivity index (χ2n) is 2.70. The second-order valence-corrected chi connectivity index (χ2v) is 3.84. The molecule has 1 aliphatic heterocycles. The van der Waals surface area contributed by atoms with Crippen molar-refractivity contribution in [1.82, 2.24) is 0 Å². The highest BCUT2D eigenvalue weighted by Gasteiger charge is 2.09. The van der Waals surface area contributed by atoms with Gasteiger partial charge in [0.05, 0.1) is 0 Å². The molecule has 0 amide bonds. The topological polar surface area (TPSA) is 0 Å². The molecule has 11 heavy (non-hydrogen) atoms. The summed E-state index contributed by atoms with van der Waals surface area (Å²) >= 11 is 1.76. The Balaban J connectivity index is 2.43. The van der Waals surface area contributed by atoms with E-state index in [0.717, 1.165) is 17.1 Å². The lowest BCUT2D eigenvalue weighted by Gasteiger charge is -2.13. The van der Waals surface area contributed by atoms with Gasteiger partial charge < -0.3 is 0 Å². The molecule has 2 heteroatoms. The van der Waals surface area contributed by atoms with Crippen molar-refractivity contribution in [1.29, 1.82) is 0 Å². The molecule has 0 atom stereocenters. The van der Waals surface area contributed by atoms with Crippen molar-refractivity contribution in [3.63, 3.8) is 0 Å². The molecule has 2 rings (SSSR count). The van der Waals surface area contributed by atoms with Crippen LogP contribution in [0.5, 0.6) is 0 Å². The van der Waals surface area contributed by atoms with Crippen LogP contribution in [-0.4, -0.2) is 5.75 Å². The van der Waals surface area contributed by atoms with Crippen LogP contribution in [0.4, 0.5) is 4.39 Å². The molecule has 1 aliphatic rings. The summed E-state index contributed by atoms with van der Waals surface area (Å²) < 4.78 is 12.7. The van der Waals surface area contributed by atoms with Gasteiger partial charge in [-0.1, -0.05) is 6.07 Å². The summed E-state index contributed by atoms with van der Waals surface area (Å²) in [6, 6.07) is 5.08. The Hall–Kier alpha value is -0.500. The zero-order chi connectivity index (χ0) is 7.68. The first-order valence-electron chi connectivity index (χ1n) is 3.77. The van der Waals surface area contributed by atoms with E-state index in [1.165, 1.54) is 12.0 Å². The van der Waals surface area contributed by atoms with E-state index in [2.05, 4.69) is 0 Å². The summed E-state index contributed by atoms with van der Waals surface area (Å²) in [7, 11) is 0. The van der Waals surface area contributed by atoms with Gasteiger partial charge in [-0.15, -0.1) is 11.8 Å². The standard InChI is InChI=1S/C9H9FS/c10-8-4-3-7-2-1-5-11-9(7)6-8/h3-4,6H,1-2,5H2. The summed E-state index contributed by atoms with van der Waals surface area (Å²) in [5.74, 6) is 1.02. The Morgan fingerprint density at radius 1 is 1.36 bits per heavy atom. The van der Waals surface area contributed by atoms with E-state index in [4.69, 9.17) is 0 Å². The van der Waals surface area contributed by atoms with Gasteiger partial charge in [-0.05, 0) is 36.3 Å². The zero-order valence-electron chi connectivity index (χ0n) is 6.14. The van der Waals surface area contributed by atoms with E-state index in [9.17, 15) is 4.39 Å². The molecule has 0 radical (unpaired) electrons. The van der Waals surface area contributed by atoms with E-state index in [-0.39, 0.29) is 5.82 Å². The Morgan fingerprint density at radius 3 is 3.18 bits per heavy atom. The van der Waals surface area contributed by atoms with Crippen molar-refractivity contribution >= 4 is 11.8 Å². The molecule has 0 nitrogen and oxygen atoms in total. The van der Waals surface area contributed by atoms with Crippen molar-refractivity contribution in [2.75, 3.05) is 5.75 Å². The van der Waals surface area contributed by atoms with E-state index in [0.29, 0.717) is 0 Å². The average molecular weight is 168 g/mol. The third-order valence-corrected chi connectivity index (χ3v) is 3.06. The van der Waals surface area contributed by atoms with Crippen LogP contribution in [0.2, 0.25) is 0 Å². The minimum absolute atomic E-state index is 0.113. The van der Waals surface area contributed by atoms with Crippen LogP contribution in [0.3, 0.4) is 0 Å². The van der Waals surface area contributed by atoms with Gasteiger partial charge in [0, 0.05) is 4.90 Å². The lowest BCUT2D eigenvalue weighted by molar-refractivity contribution is 0.622. The van der Waals surface area contributed by atoms with E-state index in [1.54, 1.807) is 23.9 Å². The fourth-order valence-corrected chi connectivity index (χ4v) is 2.37. The Kier molecular flexibility index (Phi) is 1.86. The minimum Gasteiger partial charge on any atom is -0.207 e. The molecule has 0 N–H and O–H groups in total. The second kappa shape index (κ2) is 2.86. The van der Waals surface area contributed by atoms with Gasteiger partial charge >= 0.3 is 0 Å². The van der Waals surface area contributed by atoms with Gasteiger partial charge in [-0.3, -0.25) is 0 Å². The van der Waals surface area contributed by atoms with Gasteiger partial charge in [0.2, 0.25) is 0 Å². The molecule has 0 bridgehead atoms. The van der Waals surface area contributed by atoms with E-state index in [1.807, 2.05) is 6.07 Å². The number of benzene rings is 1. The fourth-order valence-electron chi connectivity index (χ4n) is 1.31. The SMILES string of the molecule is Fc1ccc2c(c1)SCCC2. The van der Waals surface area contributed by atoms with Crippen LogP contribution in [0, 0.1) is 5.82 Å². The van der Waals surface area contributed by atoms with E-state index >= 15 is 0 Å². The van der Waals surface area contributed by atoms with Crippen molar-refractivity contribution in [3.05, 3.63) is 29.6 Å². The largest absolute Gasteiger partial charge is 0.207 e. The smallest absolute Gasteiger partial charge is 0.124 e. The maximum atomic E-state index is 12.7. The molecule has 0 saturated carbocycles. The Morgan fingerprint density at radius 2 is 2.27 bits per heavy atom. The van der Waals surface area contributed by atoms with Crippen LogP contribution < -0.4 is 0 Å². The monoisotopic (exact) mass is 168 g/mol. The molecule has 1 aromatic carbocycles. The first kappa shape index (κ1) is 7.17. The van der Waals surface area contributed by atoms with Crippen molar-refractivity contribution in [2.45, 2.75) is 17.7 Å². The molecule has 0 unspecified atom stereocenters. The number of halogens is 1.